The third kappa shape index (κ3) is 4.46. The molecule has 1 aliphatic heterocycles. The summed E-state index contributed by atoms with van der Waals surface area (Å²) in [5.41, 5.74) is 1.03. The molecule has 25 heavy (non-hydrogen) atoms. The molecule has 1 fully saturated rings. The van der Waals surface area contributed by atoms with E-state index in [2.05, 4.69) is 0 Å². The van der Waals surface area contributed by atoms with Gasteiger partial charge in [0.25, 0.3) is 5.91 Å². The van der Waals surface area contributed by atoms with Gasteiger partial charge >= 0.3 is 0 Å². The molecule has 1 heterocycles. The molecule has 1 aromatic rings. The SMILES string of the molecule is CCOc1cc(C)c(C(=O)N2CCN(C(=O)C(C)(C)C)CC2)cc1Cl. The van der Waals surface area contributed by atoms with Crippen molar-refractivity contribution in [2.24, 2.45) is 5.41 Å². The van der Waals surface area contributed by atoms with E-state index in [1.54, 1.807) is 17.0 Å². The topological polar surface area (TPSA) is 49.9 Å². The Labute approximate surface area is 154 Å². The van der Waals surface area contributed by atoms with Crippen LogP contribution in [0.1, 0.15) is 43.6 Å². The van der Waals surface area contributed by atoms with Crippen LogP contribution in [-0.2, 0) is 4.79 Å². The summed E-state index contributed by atoms with van der Waals surface area (Å²) in [5.74, 6) is 0.670. The molecule has 1 aromatic carbocycles. The minimum absolute atomic E-state index is 0.0506. The fourth-order valence-corrected chi connectivity index (χ4v) is 3.13. The molecule has 0 aliphatic carbocycles. The van der Waals surface area contributed by atoms with Crippen molar-refractivity contribution in [1.29, 1.82) is 0 Å². The van der Waals surface area contributed by atoms with Crippen molar-refractivity contribution in [2.45, 2.75) is 34.6 Å². The van der Waals surface area contributed by atoms with Gasteiger partial charge in [0.15, 0.2) is 0 Å². The Balaban J connectivity index is 2.08. The van der Waals surface area contributed by atoms with Crippen LogP contribution in [0.3, 0.4) is 0 Å². The predicted octanol–water partition coefficient (Wildman–Crippen LogP) is 3.38. The fourth-order valence-electron chi connectivity index (χ4n) is 2.91. The number of hydrogen-bond donors (Lipinski definition) is 0. The molecule has 0 spiro atoms. The van der Waals surface area contributed by atoms with Gasteiger partial charge in [-0.05, 0) is 31.5 Å². The smallest absolute Gasteiger partial charge is 0.254 e. The van der Waals surface area contributed by atoms with Crippen LogP contribution in [0.5, 0.6) is 5.75 Å². The average molecular weight is 367 g/mol. The summed E-state index contributed by atoms with van der Waals surface area (Å²) in [5, 5.41) is 0.442. The van der Waals surface area contributed by atoms with E-state index < -0.39 is 5.41 Å². The molecule has 6 heteroatoms. The number of piperazine rings is 1. The van der Waals surface area contributed by atoms with Crippen molar-refractivity contribution in [2.75, 3.05) is 32.8 Å². The van der Waals surface area contributed by atoms with Gasteiger partial charge < -0.3 is 14.5 Å². The number of nitrogens with zero attached hydrogens (tertiary/aromatic N) is 2. The molecule has 1 saturated heterocycles. The molecule has 0 aromatic heterocycles. The first kappa shape index (κ1) is 19.6. The van der Waals surface area contributed by atoms with Crippen LogP contribution < -0.4 is 4.74 Å². The van der Waals surface area contributed by atoms with Gasteiger partial charge in [-0.1, -0.05) is 32.4 Å². The predicted molar refractivity (Wildman–Crippen MR) is 99.3 cm³/mol. The van der Waals surface area contributed by atoms with Crippen molar-refractivity contribution in [1.82, 2.24) is 9.80 Å². The quantitative estimate of drug-likeness (QED) is 0.824. The molecule has 2 amide bonds. The van der Waals surface area contributed by atoms with Gasteiger partial charge in [0, 0.05) is 37.2 Å². The second-order valence-electron chi connectivity index (χ2n) is 7.36. The van der Waals surface area contributed by atoms with Crippen LogP contribution in [0, 0.1) is 12.3 Å². The molecule has 0 atom stereocenters. The second-order valence-corrected chi connectivity index (χ2v) is 7.77. The second kappa shape index (κ2) is 7.65. The van der Waals surface area contributed by atoms with Crippen molar-refractivity contribution in [3.8, 4) is 5.75 Å². The van der Waals surface area contributed by atoms with E-state index in [4.69, 9.17) is 16.3 Å². The lowest BCUT2D eigenvalue weighted by Gasteiger charge is -2.37. The average Bonchev–Trinajstić information content (AvgIpc) is 2.56. The molecule has 0 bridgehead atoms. The summed E-state index contributed by atoms with van der Waals surface area (Å²) in [7, 11) is 0. The number of hydrogen-bond acceptors (Lipinski definition) is 3. The summed E-state index contributed by atoms with van der Waals surface area (Å²) in [6.45, 7) is 12.2. The summed E-state index contributed by atoms with van der Waals surface area (Å²) in [6.07, 6.45) is 0. The van der Waals surface area contributed by atoms with Gasteiger partial charge in [-0.2, -0.15) is 0 Å². The summed E-state index contributed by atoms with van der Waals surface area (Å²) < 4.78 is 5.47. The summed E-state index contributed by atoms with van der Waals surface area (Å²) in [4.78, 5) is 28.8. The third-order valence-electron chi connectivity index (χ3n) is 4.30. The Morgan fingerprint density at radius 2 is 1.68 bits per heavy atom. The van der Waals surface area contributed by atoms with Gasteiger partial charge in [-0.3, -0.25) is 9.59 Å². The van der Waals surface area contributed by atoms with Crippen LogP contribution in [0.25, 0.3) is 0 Å². The molecular formula is C19H27ClN2O3. The summed E-state index contributed by atoms with van der Waals surface area (Å²) in [6, 6.07) is 3.48. The Hall–Kier alpha value is -1.75. The molecular weight excluding hydrogens is 340 g/mol. The lowest BCUT2D eigenvalue weighted by atomic mass is 9.94. The Morgan fingerprint density at radius 1 is 1.12 bits per heavy atom. The number of ether oxygens (including phenoxy) is 1. The first-order valence-electron chi connectivity index (χ1n) is 8.66. The van der Waals surface area contributed by atoms with Crippen LogP contribution in [0.4, 0.5) is 0 Å². The van der Waals surface area contributed by atoms with Crippen LogP contribution in [0.15, 0.2) is 12.1 Å². The number of halogens is 1. The highest BCUT2D eigenvalue weighted by Crippen LogP contribution is 2.29. The highest BCUT2D eigenvalue weighted by atomic mass is 35.5. The third-order valence-corrected chi connectivity index (χ3v) is 4.60. The highest BCUT2D eigenvalue weighted by molar-refractivity contribution is 6.32. The minimum atomic E-state index is -0.397. The van der Waals surface area contributed by atoms with Gasteiger partial charge in [0.1, 0.15) is 5.75 Å². The molecule has 1 aliphatic rings. The fraction of sp³-hybridized carbons (Fsp3) is 0.579. The number of aryl methyl sites for hydroxylation is 1. The summed E-state index contributed by atoms with van der Waals surface area (Å²) >= 11 is 6.23. The number of benzene rings is 1. The number of carbonyl (C=O) groups is 2. The number of carbonyl (C=O) groups excluding carboxylic acids is 2. The zero-order valence-corrected chi connectivity index (χ0v) is 16.4. The molecule has 2 rings (SSSR count). The molecule has 0 saturated carbocycles. The van der Waals surface area contributed by atoms with E-state index in [-0.39, 0.29) is 11.8 Å². The minimum Gasteiger partial charge on any atom is -0.492 e. The van der Waals surface area contributed by atoms with E-state index in [0.717, 1.165) is 5.56 Å². The van der Waals surface area contributed by atoms with Crippen LogP contribution in [0.2, 0.25) is 5.02 Å². The maximum Gasteiger partial charge on any atom is 0.254 e. The molecule has 0 N–H and O–H groups in total. The standard InChI is InChI=1S/C19H27ClN2O3/c1-6-25-16-11-13(2)14(12-15(16)20)17(23)21-7-9-22(10-8-21)18(24)19(3,4)5/h11-12H,6-10H2,1-5H3. The molecule has 5 nitrogen and oxygen atoms in total. The zero-order valence-electron chi connectivity index (χ0n) is 15.7. The van der Waals surface area contributed by atoms with E-state index in [1.165, 1.54) is 0 Å². The van der Waals surface area contributed by atoms with Crippen molar-refractivity contribution in [3.63, 3.8) is 0 Å². The van der Waals surface area contributed by atoms with Crippen molar-refractivity contribution < 1.29 is 14.3 Å². The van der Waals surface area contributed by atoms with Gasteiger partial charge in [0.05, 0.1) is 11.6 Å². The maximum absolute atomic E-state index is 12.8. The van der Waals surface area contributed by atoms with Crippen molar-refractivity contribution >= 4 is 23.4 Å². The Morgan fingerprint density at radius 3 is 2.20 bits per heavy atom. The zero-order chi connectivity index (χ0) is 18.8. The largest absolute Gasteiger partial charge is 0.492 e. The highest BCUT2D eigenvalue weighted by Gasteiger charge is 2.31. The lowest BCUT2D eigenvalue weighted by molar-refractivity contribution is -0.140. The Kier molecular flexibility index (Phi) is 5.99. The van der Waals surface area contributed by atoms with E-state index in [9.17, 15) is 9.59 Å². The van der Waals surface area contributed by atoms with E-state index in [0.29, 0.717) is 49.1 Å². The molecule has 0 radical (unpaired) electrons. The van der Waals surface area contributed by atoms with E-state index >= 15 is 0 Å². The van der Waals surface area contributed by atoms with Gasteiger partial charge in [0.2, 0.25) is 5.91 Å². The number of rotatable bonds is 3. The maximum atomic E-state index is 12.8. The van der Waals surface area contributed by atoms with Crippen LogP contribution in [-0.4, -0.2) is 54.4 Å². The normalized spacial score (nSPS) is 15.3. The first-order chi connectivity index (χ1) is 11.6. The van der Waals surface area contributed by atoms with E-state index in [1.807, 2.05) is 39.5 Å². The Bertz CT molecular complexity index is 659. The van der Waals surface area contributed by atoms with Gasteiger partial charge in [-0.25, -0.2) is 0 Å². The number of amides is 2. The van der Waals surface area contributed by atoms with Crippen LogP contribution >= 0.6 is 11.6 Å². The first-order valence-corrected chi connectivity index (χ1v) is 9.04. The van der Waals surface area contributed by atoms with Gasteiger partial charge in [-0.15, -0.1) is 0 Å². The van der Waals surface area contributed by atoms with Crippen molar-refractivity contribution in [3.05, 3.63) is 28.3 Å². The molecule has 0 unspecified atom stereocenters. The lowest BCUT2D eigenvalue weighted by Crippen LogP contribution is -2.53. The monoisotopic (exact) mass is 366 g/mol. The molecule has 138 valence electrons.